The minimum absolute atomic E-state index is 0.00133. The molecule has 2 N–H and O–H groups in total. The summed E-state index contributed by atoms with van der Waals surface area (Å²) in [7, 11) is -3.40. The first kappa shape index (κ1) is 21.9. The molecule has 1 saturated carbocycles. The van der Waals surface area contributed by atoms with Crippen LogP contribution in [-0.4, -0.2) is 51.0 Å². The highest BCUT2D eigenvalue weighted by molar-refractivity contribution is 7.90. The average Bonchev–Trinajstić information content (AvgIpc) is 3.45. The minimum atomic E-state index is -3.40. The molecule has 28 heavy (non-hydrogen) atoms. The molecule has 0 amide bonds. The summed E-state index contributed by atoms with van der Waals surface area (Å²) in [6.45, 7) is 3.53. The largest absolute Gasteiger partial charge is 0.482 e. The highest BCUT2D eigenvalue weighted by Gasteiger charge is 2.41. The number of carbonyl (C=O) groups is 1. The first-order chi connectivity index (χ1) is 13.2. The third-order valence-corrected chi connectivity index (χ3v) is 5.00. The molecule has 1 aliphatic carbocycles. The van der Waals surface area contributed by atoms with Crippen molar-refractivity contribution in [2.75, 3.05) is 18.7 Å². The smallest absolute Gasteiger partial charge is 0.327 e. The van der Waals surface area contributed by atoms with Gasteiger partial charge in [-0.3, -0.25) is 10.1 Å². The maximum Gasteiger partial charge on any atom is 0.327 e. The van der Waals surface area contributed by atoms with Crippen LogP contribution in [0.25, 0.3) is 0 Å². The lowest BCUT2D eigenvalue weighted by atomic mass is 10.0. The zero-order valence-electron chi connectivity index (χ0n) is 16.2. The number of benzene rings is 1. The van der Waals surface area contributed by atoms with Gasteiger partial charge in [0, 0.05) is 12.2 Å². The van der Waals surface area contributed by atoms with Crippen LogP contribution >= 0.6 is 0 Å². The molecular formula is C19H25N3O5S. The first-order valence-electron chi connectivity index (χ1n) is 8.99. The second-order valence-corrected chi connectivity index (χ2v) is 9.00. The maximum atomic E-state index is 12.5. The number of sulfone groups is 1. The van der Waals surface area contributed by atoms with Crippen molar-refractivity contribution in [3.05, 3.63) is 29.3 Å². The van der Waals surface area contributed by atoms with Crippen molar-refractivity contribution in [3.8, 4) is 11.8 Å². The van der Waals surface area contributed by atoms with E-state index in [0.29, 0.717) is 16.9 Å². The van der Waals surface area contributed by atoms with Gasteiger partial charge in [-0.1, -0.05) is 0 Å². The first-order valence-corrected chi connectivity index (χ1v) is 11.1. The van der Waals surface area contributed by atoms with Gasteiger partial charge in [0.05, 0.1) is 29.8 Å². The number of rotatable bonds is 10. The van der Waals surface area contributed by atoms with Crippen LogP contribution in [0.2, 0.25) is 0 Å². The normalized spacial score (nSPS) is 15.9. The minimum Gasteiger partial charge on any atom is -0.482 e. The molecule has 152 valence electrons. The molecule has 0 radical (unpaired) electrons. The molecule has 0 aliphatic heterocycles. The van der Waals surface area contributed by atoms with Gasteiger partial charge in [0.1, 0.15) is 11.8 Å². The Morgan fingerprint density at radius 1 is 1.43 bits per heavy atom. The fourth-order valence-corrected chi connectivity index (χ4v) is 3.19. The SMILES string of the molecule is CCOC(=O)C(NCS(C)(=O)=O)C(Oc1ccc(C#N)c(C)c1)C(=N)C1CC1. The number of nitriles is 1. The van der Waals surface area contributed by atoms with Crippen LogP contribution < -0.4 is 10.1 Å². The molecule has 2 rings (SSSR count). The monoisotopic (exact) mass is 407 g/mol. The quantitative estimate of drug-likeness (QED) is 0.445. The summed E-state index contributed by atoms with van der Waals surface area (Å²) in [5, 5.41) is 20.2. The van der Waals surface area contributed by atoms with Gasteiger partial charge in [0.25, 0.3) is 0 Å². The number of hydrogen-bond acceptors (Lipinski definition) is 8. The van der Waals surface area contributed by atoms with Gasteiger partial charge in [0.15, 0.2) is 15.9 Å². The van der Waals surface area contributed by atoms with Crippen molar-refractivity contribution < 1.29 is 22.7 Å². The molecule has 0 saturated heterocycles. The van der Waals surface area contributed by atoms with E-state index < -0.39 is 33.8 Å². The Hall–Kier alpha value is -2.44. The summed E-state index contributed by atoms with van der Waals surface area (Å²) in [6, 6.07) is 5.79. The average molecular weight is 407 g/mol. The Balaban J connectivity index is 2.33. The predicted octanol–water partition coefficient (Wildman–Crippen LogP) is 1.57. The van der Waals surface area contributed by atoms with Crippen molar-refractivity contribution in [2.24, 2.45) is 5.92 Å². The van der Waals surface area contributed by atoms with Crippen LogP contribution in [-0.2, 0) is 19.4 Å². The molecule has 1 aliphatic rings. The summed E-state index contributed by atoms with van der Waals surface area (Å²) in [5.41, 5.74) is 1.42. The number of hydrogen-bond donors (Lipinski definition) is 2. The predicted molar refractivity (Wildman–Crippen MR) is 104 cm³/mol. The molecule has 2 unspecified atom stereocenters. The molecule has 0 spiro atoms. The molecular weight excluding hydrogens is 382 g/mol. The maximum absolute atomic E-state index is 12.5. The molecule has 1 fully saturated rings. The van der Waals surface area contributed by atoms with Crippen LogP contribution in [0.15, 0.2) is 18.2 Å². The summed E-state index contributed by atoms with van der Waals surface area (Å²) in [6.07, 6.45) is 1.69. The van der Waals surface area contributed by atoms with E-state index in [1.165, 1.54) is 0 Å². The lowest BCUT2D eigenvalue weighted by molar-refractivity contribution is -0.147. The number of esters is 1. The Morgan fingerprint density at radius 2 is 2.11 bits per heavy atom. The molecule has 0 bridgehead atoms. The van der Waals surface area contributed by atoms with Crippen LogP contribution in [0.1, 0.15) is 30.9 Å². The van der Waals surface area contributed by atoms with Crippen LogP contribution in [0.3, 0.4) is 0 Å². The van der Waals surface area contributed by atoms with Crippen molar-refractivity contribution in [3.63, 3.8) is 0 Å². The zero-order valence-corrected chi connectivity index (χ0v) is 17.0. The van der Waals surface area contributed by atoms with E-state index in [1.54, 1.807) is 32.0 Å². The molecule has 2 atom stereocenters. The molecule has 1 aromatic carbocycles. The van der Waals surface area contributed by atoms with Crippen LogP contribution in [0.4, 0.5) is 0 Å². The Kier molecular flexibility index (Phi) is 7.16. The topological polar surface area (TPSA) is 129 Å². The summed E-state index contributed by atoms with van der Waals surface area (Å²) < 4.78 is 34.2. The Labute approximate surface area is 165 Å². The van der Waals surface area contributed by atoms with E-state index in [0.717, 1.165) is 19.1 Å². The fraction of sp³-hybridized carbons (Fsp3) is 0.526. The van der Waals surface area contributed by atoms with E-state index in [9.17, 15) is 13.2 Å². The second-order valence-electron chi connectivity index (χ2n) is 6.86. The van der Waals surface area contributed by atoms with E-state index in [2.05, 4.69) is 11.4 Å². The van der Waals surface area contributed by atoms with Gasteiger partial charge in [0.2, 0.25) is 0 Å². The van der Waals surface area contributed by atoms with E-state index in [4.69, 9.17) is 20.1 Å². The molecule has 9 heteroatoms. The summed E-state index contributed by atoms with van der Waals surface area (Å²) in [4.78, 5) is 12.5. The summed E-state index contributed by atoms with van der Waals surface area (Å²) >= 11 is 0. The van der Waals surface area contributed by atoms with Gasteiger partial charge in [-0.2, -0.15) is 5.26 Å². The lowest BCUT2D eigenvalue weighted by Gasteiger charge is -2.28. The Bertz CT molecular complexity index is 887. The highest BCUT2D eigenvalue weighted by Crippen LogP contribution is 2.33. The van der Waals surface area contributed by atoms with Gasteiger partial charge in [-0.15, -0.1) is 0 Å². The number of ether oxygens (including phenoxy) is 2. The fourth-order valence-electron chi connectivity index (χ4n) is 2.71. The standard InChI is InChI=1S/C19H25N3O5S/c1-4-26-19(23)17(22-11-28(3,24)25)18(16(21)13-5-6-13)27-15-8-7-14(10-20)12(2)9-15/h7-9,13,17-18,21-22H,4-6,11H2,1-3H3. The number of nitrogens with one attached hydrogen (secondary N) is 2. The third kappa shape index (κ3) is 6.04. The van der Waals surface area contributed by atoms with Crippen molar-refractivity contribution in [1.29, 1.82) is 10.7 Å². The lowest BCUT2D eigenvalue weighted by Crippen LogP contribution is -2.54. The van der Waals surface area contributed by atoms with Gasteiger partial charge in [-0.25, -0.2) is 8.42 Å². The molecule has 8 nitrogen and oxygen atoms in total. The summed E-state index contributed by atoms with van der Waals surface area (Å²) in [5.74, 6) is -0.726. The number of aryl methyl sites for hydroxylation is 1. The molecule has 0 heterocycles. The number of carbonyl (C=O) groups excluding carboxylic acids is 1. The van der Waals surface area contributed by atoms with Crippen molar-refractivity contribution in [1.82, 2.24) is 5.32 Å². The number of nitrogens with zero attached hydrogens (tertiary/aromatic N) is 1. The van der Waals surface area contributed by atoms with Crippen LogP contribution in [0, 0.1) is 29.6 Å². The van der Waals surface area contributed by atoms with Gasteiger partial charge in [-0.05, 0) is 50.5 Å². The zero-order chi connectivity index (χ0) is 20.9. The third-order valence-electron chi connectivity index (χ3n) is 4.31. The van der Waals surface area contributed by atoms with E-state index in [1.807, 2.05) is 0 Å². The van der Waals surface area contributed by atoms with E-state index in [-0.39, 0.29) is 18.2 Å². The second kappa shape index (κ2) is 9.17. The van der Waals surface area contributed by atoms with Gasteiger partial charge < -0.3 is 14.9 Å². The molecule has 1 aromatic rings. The van der Waals surface area contributed by atoms with Crippen molar-refractivity contribution in [2.45, 2.75) is 38.8 Å². The van der Waals surface area contributed by atoms with Gasteiger partial charge >= 0.3 is 5.97 Å². The Morgan fingerprint density at radius 3 is 2.61 bits per heavy atom. The highest BCUT2D eigenvalue weighted by atomic mass is 32.2. The van der Waals surface area contributed by atoms with E-state index >= 15 is 0 Å². The van der Waals surface area contributed by atoms with Crippen molar-refractivity contribution >= 4 is 21.5 Å². The molecule has 0 aromatic heterocycles. The van der Waals surface area contributed by atoms with Crippen LogP contribution in [0.5, 0.6) is 5.75 Å².